The summed E-state index contributed by atoms with van der Waals surface area (Å²) in [4.78, 5) is 8.12. The number of hydrogen-bond acceptors (Lipinski definition) is 7. The molecule has 0 aliphatic heterocycles. The molecule has 2 rings (SSSR count). The first-order chi connectivity index (χ1) is 9.67. The van der Waals surface area contributed by atoms with Gasteiger partial charge in [0.1, 0.15) is 12.1 Å². The number of anilines is 3. The number of hydrogen-bond donors (Lipinski definition) is 3. The second-order valence-electron chi connectivity index (χ2n) is 3.75. The van der Waals surface area contributed by atoms with Gasteiger partial charge in [0.05, 0.1) is 14.2 Å². The Bertz CT molecular complexity index is 608. The van der Waals surface area contributed by atoms with Crippen molar-refractivity contribution in [2.75, 3.05) is 25.0 Å². The third-order valence-electron chi connectivity index (χ3n) is 2.51. The SMILES string of the molecule is COc1cc(Br)cc(Nc2ncnc(NN)c2OC)c1. The van der Waals surface area contributed by atoms with Gasteiger partial charge in [-0.15, -0.1) is 0 Å². The smallest absolute Gasteiger partial charge is 0.205 e. The predicted molar refractivity (Wildman–Crippen MR) is 80.4 cm³/mol. The molecule has 0 aliphatic rings. The van der Waals surface area contributed by atoms with E-state index in [2.05, 4.69) is 36.6 Å². The van der Waals surface area contributed by atoms with Crippen LogP contribution in [0, 0.1) is 0 Å². The van der Waals surface area contributed by atoms with Crippen molar-refractivity contribution >= 4 is 33.3 Å². The number of methoxy groups -OCH3 is 2. The molecule has 0 radical (unpaired) electrons. The molecule has 20 heavy (non-hydrogen) atoms. The van der Waals surface area contributed by atoms with Crippen molar-refractivity contribution in [1.82, 2.24) is 9.97 Å². The summed E-state index contributed by atoms with van der Waals surface area (Å²) in [6.07, 6.45) is 1.38. The lowest BCUT2D eigenvalue weighted by molar-refractivity contribution is 0.414. The summed E-state index contributed by atoms with van der Waals surface area (Å²) in [5.74, 6) is 7.41. The summed E-state index contributed by atoms with van der Waals surface area (Å²) in [6.45, 7) is 0. The van der Waals surface area contributed by atoms with E-state index in [0.717, 1.165) is 10.2 Å². The van der Waals surface area contributed by atoms with Crippen molar-refractivity contribution in [1.29, 1.82) is 0 Å². The number of nitrogen functional groups attached to an aromatic ring is 1. The fraction of sp³-hybridized carbons (Fsp3) is 0.167. The molecule has 2 aromatic rings. The molecule has 1 heterocycles. The highest BCUT2D eigenvalue weighted by Crippen LogP contribution is 2.32. The van der Waals surface area contributed by atoms with E-state index in [4.69, 9.17) is 15.3 Å². The first-order valence-electron chi connectivity index (χ1n) is 5.65. The first-order valence-corrected chi connectivity index (χ1v) is 6.44. The van der Waals surface area contributed by atoms with Gasteiger partial charge in [0.15, 0.2) is 11.6 Å². The maximum Gasteiger partial charge on any atom is 0.205 e. The van der Waals surface area contributed by atoms with E-state index in [1.54, 1.807) is 7.11 Å². The molecule has 0 spiro atoms. The van der Waals surface area contributed by atoms with Gasteiger partial charge in [0.2, 0.25) is 5.75 Å². The Balaban J connectivity index is 2.37. The highest BCUT2D eigenvalue weighted by Gasteiger charge is 2.12. The number of benzene rings is 1. The van der Waals surface area contributed by atoms with Crippen LogP contribution in [0.4, 0.5) is 17.3 Å². The lowest BCUT2D eigenvalue weighted by Crippen LogP contribution is -2.11. The maximum atomic E-state index is 5.38. The number of nitrogens with one attached hydrogen (secondary N) is 2. The van der Waals surface area contributed by atoms with Crippen molar-refractivity contribution in [2.45, 2.75) is 0 Å². The van der Waals surface area contributed by atoms with Crippen LogP contribution < -0.4 is 26.1 Å². The Kier molecular flexibility index (Phi) is 4.59. The van der Waals surface area contributed by atoms with Crippen molar-refractivity contribution < 1.29 is 9.47 Å². The number of hydrazine groups is 1. The summed E-state index contributed by atoms with van der Waals surface area (Å²) in [7, 11) is 3.12. The number of aromatic nitrogens is 2. The molecule has 1 aromatic heterocycles. The number of ether oxygens (including phenoxy) is 2. The van der Waals surface area contributed by atoms with Crippen molar-refractivity contribution in [3.63, 3.8) is 0 Å². The minimum Gasteiger partial charge on any atom is -0.497 e. The van der Waals surface area contributed by atoms with Crippen LogP contribution in [0.5, 0.6) is 11.5 Å². The van der Waals surface area contributed by atoms with Gasteiger partial charge in [0.25, 0.3) is 0 Å². The molecule has 0 atom stereocenters. The minimum atomic E-state index is 0.395. The summed E-state index contributed by atoms with van der Waals surface area (Å²) in [6, 6.07) is 5.58. The van der Waals surface area contributed by atoms with Crippen LogP contribution in [-0.4, -0.2) is 24.2 Å². The number of nitrogens with zero attached hydrogens (tertiary/aromatic N) is 2. The Morgan fingerprint density at radius 1 is 1.10 bits per heavy atom. The topological polar surface area (TPSA) is 94.3 Å². The molecule has 0 amide bonds. The average Bonchev–Trinajstić information content (AvgIpc) is 2.46. The molecule has 0 fully saturated rings. The summed E-state index contributed by atoms with van der Waals surface area (Å²) < 4.78 is 11.3. The lowest BCUT2D eigenvalue weighted by Gasteiger charge is -2.13. The normalized spacial score (nSPS) is 10.0. The molecule has 0 saturated heterocycles. The van der Waals surface area contributed by atoms with Gasteiger partial charge in [-0.25, -0.2) is 15.8 Å². The first kappa shape index (κ1) is 14.4. The van der Waals surface area contributed by atoms with Gasteiger partial charge in [0, 0.05) is 16.2 Å². The monoisotopic (exact) mass is 339 g/mol. The van der Waals surface area contributed by atoms with E-state index in [0.29, 0.717) is 23.1 Å². The number of rotatable bonds is 5. The zero-order valence-corrected chi connectivity index (χ0v) is 12.6. The second kappa shape index (κ2) is 6.40. The third-order valence-corrected chi connectivity index (χ3v) is 2.97. The Labute approximate surface area is 124 Å². The summed E-state index contributed by atoms with van der Waals surface area (Å²) >= 11 is 3.41. The Morgan fingerprint density at radius 2 is 1.85 bits per heavy atom. The molecule has 0 bridgehead atoms. The minimum absolute atomic E-state index is 0.395. The van der Waals surface area contributed by atoms with E-state index < -0.39 is 0 Å². The van der Waals surface area contributed by atoms with Gasteiger partial charge >= 0.3 is 0 Å². The molecule has 7 nitrogen and oxygen atoms in total. The Morgan fingerprint density at radius 3 is 2.50 bits per heavy atom. The standard InChI is InChI=1S/C12H14BrN5O2/c1-19-9-4-7(13)3-8(5-9)17-11-10(20-2)12(18-14)16-6-15-11/h3-6H,14H2,1-2H3,(H2,15,16,17,18). The van der Waals surface area contributed by atoms with E-state index >= 15 is 0 Å². The molecule has 0 aliphatic carbocycles. The zero-order chi connectivity index (χ0) is 14.5. The molecule has 0 saturated carbocycles. The quantitative estimate of drug-likeness (QED) is 0.568. The zero-order valence-electron chi connectivity index (χ0n) is 11.0. The average molecular weight is 340 g/mol. The molecule has 4 N–H and O–H groups in total. The largest absolute Gasteiger partial charge is 0.497 e. The van der Waals surface area contributed by atoms with Crippen LogP contribution >= 0.6 is 15.9 Å². The van der Waals surface area contributed by atoms with E-state index in [9.17, 15) is 0 Å². The van der Waals surface area contributed by atoms with Gasteiger partial charge in [-0.1, -0.05) is 15.9 Å². The van der Waals surface area contributed by atoms with Crippen molar-refractivity contribution in [3.05, 3.63) is 29.0 Å². The lowest BCUT2D eigenvalue weighted by atomic mass is 10.3. The van der Waals surface area contributed by atoms with Crippen LogP contribution in [0.1, 0.15) is 0 Å². The van der Waals surface area contributed by atoms with Crippen LogP contribution in [0.3, 0.4) is 0 Å². The van der Waals surface area contributed by atoms with E-state index in [1.165, 1.54) is 13.4 Å². The van der Waals surface area contributed by atoms with Gasteiger partial charge in [-0.3, -0.25) is 0 Å². The van der Waals surface area contributed by atoms with Crippen LogP contribution in [0.2, 0.25) is 0 Å². The highest BCUT2D eigenvalue weighted by molar-refractivity contribution is 9.10. The Hall–Kier alpha value is -2.06. The van der Waals surface area contributed by atoms with Crippen LogP contribution in [-0.2, 0) is 0 Å². The predicted octanol–water partition coefficient (Wildman–Crippen LogP) is 2.29. The number of halogens is 1. The van der Waals surface area contributed by atoms with Crippen LogP contribution in [0.25, 0.3) is 0 Å². The van der Waals surface area contributed by atoms with Crippen molar-refractivity contribution in [2.24, 2.45) is 5.84 Å². The van der Waals surface area contributed by atoms with E-state index in [1.807, 2.05) is 18.2 Å². The van der Waals surface area contributed by atoms with Gasteiger partial charge in [-0.2, -0.15) is 0 Å². The highest BCUT2D eigenvalue weighted by atomic mass is 79.9. The molecule has 0 unspecified atom stereocenters. The van der Waals surface area contributed by atoms with Gasteiger partial charge in [-0.05, 0) is 12.1 Å². The molecule has 106 valence electrons. The molecule has 8 heteroatoms. The number of nitrogens with two attached hydrogens (primary N) is 1. The third kappa shape index (κ3) is 3.09. The second-order valence-corrected chi connectivity index (χ2v) is 4.67. The summed E-state index contributed by atoms with van der Waals surface area (Å²) in [5.41, 5.74) is 3.24. The molecule has 1 aromatic carbocycles. The maximum absolute atomic E-state index is 5.38. The van der Waals surface area contributed by atoms with Crippen molar-refractivity contribution in [3.8, 4) is 11.5 Å². The van der Waals surface area contributed by atoms with Crippen LogP contribution in [0.15, 0.2) is 29.0 Å². The van der Waals surface area contributed by atoms with E-state index in [-0.39, 0.29) is 0 Å². The summed E-state index contributed by atoms with van der Waals surface area (Å²) in [5, 5.41) is 3.13. The van der Waals surface area contributed by atoms with Gasteiger partial charge < -0.3 is 20.2 Å². The fourth-order valence-electron chi connectivity index (χ4n) is 1.65. The molecular weight excluding hydrogens is 326 g/mol. The fourth-order valence-corrected chi connectivity index (χ4v) is 2.12. The molecular formula is C12H14BrN5O2.